The zero-order valence-corrected chi connectivity index (χ0v) is 17.0. The van der Waals surface area contributed by atoms with Crippen LogP contribution in [0.2, 0.25) is 0 Å². The van der Waals surface area contributed by atoms with Crippen LogP contribution in [0.15, 0.2) is 43.0 Å². The Morgan fingerprint density at radius 3 is 2.61 bits per heavy atom. The van der Waals surface area contributed by atoms with Crippen molar-refractivity contribution >= 4 is 11.7 Å². The van der Waals surface area contributed by atoms with Crippen molar-refractivity contribution in [3.05, 3.63) is 60.1 Å². The second kappa shape index (κ2) is 6.72. The van der Waals surface area contributed by atoms with E-state index in [1.54, 1.807) is 11.0 Å². The van der Waals surface area contributed by atoms with Crippen LogP contribution in [0, 0.1) is 17.2 Å². The average molecular weight is 459 g/mol. The molecule has 170 valence electrons. The largest absolute Gasteiger partial charge is 0.434 e. The first-order chi connectivity index (χ1) is 15.8. The van der Waals surface area contributed by atoms with Gasteiger partial charge in [0.15, 0.2) is 5.69 Å². The van der Waals surface area contributed by atoms with Crippen molar-refractivity contribution in [3.8, 4) is 5.69 Å². The number of piperidine rings is 1. The summed E-state index contributed by atoms with van der Waals surface area (Å²) >= 11 is 0. The van der Waals surface area contributed by atoms with Crippen LogP contribution in [-0.2, 0) is 6.18 Å². The number of halogens is 4. The minimum absolute atomic E-state index is 0.0258. The van der Waals surface area contributed by atoms with Gasteiger partial charge in [-0.25, -0.2) is 14.4 Å². The van der Waals surface area contributed by atoms with Crippen molar-refractivity contribution in [2.75, 3.05) is 11.9 Å². The van der Waals surface area contributed by atoms with Gasteiger partial charge in [-0.05, 0) is 36.3 Å². The summed E-state index contributed by atoms with van der Waals surface area (Å²) in [6.45, 7) is 0.501. The lowest BCUT2D eigenvalue weighted by atomic mass is 9.71. The zero-order valence-electron chi connectivity index (χ0n) is 17.0. The molecule has 1 spiro atoms. The Labute approximate surface area is 184 Å². The highest BCUT2D eigenvalue weighted by atomic mass is 19.4. The fourth-order valence-corrected chi connectivity index (χ4v) is 5.47. The number of nitrogens with one attached hydrogen (secondary N) is 1. The summed E-state index contributed by atoms with van der Waals surface area (Å²) < 4.78 is 53.1. The van der Waals surface area contributed by atoms with Crippen LogP contribution in [0.5, 0.6) is 0 Å². The van der Waals surface area contributed by atoms with E-state index in [0.29, 0.717) is 18.7 Å². The minimum atomic E-state index is -4.57. The number of aromatic nitrogens is 5. The smallest absolute Gasteiger partial charge is 0.364 e. The molecule has 1 amide bonds. The Morgan fingerprint density at radius 1 is 1.12 bits per heavy atom. The summed E-state index contributed by atoms with van der Waals surface area (Å²) in [5.74, 6) is -0.586. The second-order valence-corrected chi connectivity index (χ2v) is 8.73. The van der Waals surface area contributed by atoms with Gasteiger partial charge in [-0.15, -0.1) is 0 Å². The topological polar surface area (TPSA) is 88.8 Å². The molecule has 33 heavy (non-hydrogen) atoms. The monoisotopic (exact) mass is 459 g/mol. The molecule has 3 aromatic rings. The molecule has 0 radical (unpaired) electrons. The number of carbonyl (C=O) groups is 1. The zero-order chi connectivity index (χ0) is 23.0. The Morgan fingerprint density at radius 2 is 1.91 bits per heavy atom. The van der Waals surface area contributed by atoms with E-state index in [4.69, 9.17) is 0 Å². The maximum Gasteiger partial charge on any atom is 0.434 e. The molecule has 1 aliphatic heterocycles. The van der Waals surface area contributed by atoms with Crippen LogP contribution >= 0.6 is 0 Å². The molecule has 3 fully saturated rings. The summed E-state index contributed by atoms with van der Waals surface area (Å²) in [5.41, 5.74) is -0.957. The van der Waals surface area contributed by atoms with Crippen molar-refractivity contribution in [1.82, 2.24) is 29.9 Å². The van der Waals surface area contributed by atoms with E-state index in [0.717, 1.165) is 19.0 Å². The first-order valence-electron chi connectivity index (χ1n) is 10.4. The molecule has 4 atom stereocenters. The van der Waals surface area contributed by atoms with E-state index in [2.05, 4.69) is 25.5 Å². The molecule has 0 bridgehead atoms. The third kappa shape index (κ3) is 3.00. The van der Waals surface area contributed by atoms with Gasteiger partial charge in [-0.1, -0.05) is 6.07 Å². The third-order valence-electron chi connectivity index (χ3n) is 6.98. The molecule has 3 aliphatic rings. The van der Waals surface area contributed by atoms with Gasteiger partial charge >= 0.3 is 6.18 Å². The van der Waals surface area contributed by atoms with Crippen molar-refractivity contribution < 1.29 is 22.4 Å². The van der Waals surface area contributed by atoms with Crippen molar-refractivity contribution in [3.63, 3.8) is 0 Å². The Bertz CT molecular complexity index is 1230. The minimum Gasteiger partial charge on any atom is -0.364 e. The first-order valence-corrected chi connectivity index (χ1v) is 10.4. The molecule has 1 saturated heterocycles. The lowest BCUT2D eigenvalue weighted by Crippen LogP contribution is -2.60. The van der Waals surface area contributed by atoms with Crippen LogP contribution in [0.25, 0.3) is 5.69 Å². The molecule has 2 aliphatic carbocycles. The molecular weight excluding hydrogens is 442 g/mol. The average Bonchev–Trinajstić information content (AvgIpc) is 3.14. The van der Waals surface area contributed by atoms with Crippen LogP contribution in [0.1, 0.15) is 28.9 Å². The van der Waals surface area contributed by atoms with Gasteiger partial charge in [0.25, 0.3) is 5.91 Å². The van der Waals surface area contributed by atoms with Crippen LogP contribution in [-0.4, -0.2) is 54.4 Å². The molecule has 1 aromatic carbocycles. The number of alkyl halides is 3. The van der Waals surface area contributed by atoms with Gasteiger partial charge in [0.2, 0.25) is 0 Å². The summed E-state index contributed by atoms with van der Waals surface area (Å²) in [5, 5.41) is 11.2. The fourth-order valence-electron chi connectivity index (χ4n) is 5.47. The lowest BCUT2D eigenvalue weighted by molar-refractivity contribution is -0.141. The number of benzene rings is 1. The molecule has 3 heterocycles. The molecular formula is C21H17F4N7O. The summed E-state index contributed by atoms with van der Waals surface area (Å²) in [7, 11) is 0. The molecule has 2 aromatic heterocycles. The molecule has 2 saturated carbocycles. The van der Waals surface area contributed by atoms with E-state index in [9.17, 15) is 22.4 Å². The van der Waals surface area contributed by atoms with Crippen LogP contribution in [0.3, 0.4) is 0 Å². The maximum atomic E-state index is 14.8. The van der Waals surface area contributed by atoms with Gasteiger partial charge in [0, 0.05) is 12.6 Å². The SMILES string of the molecule is O=C(c1c(F)cccc1-n1nccn1)N1CC2CC23CC(Nc2cnc(C(F)(F)F)cn2)C13. The number of carbonyl (C=O) groups excluding carboxylic acids is 1. The number of hydrogen-bond acceptors (Lipinski definition) is 6. The predicted molar refractivity (Wildman–Crippen MR) is 106 cm³/mol. The molecule has 12 heteroatoms. The van der Waals surface area contributed by atoms with E-state index in [1.807, 2.05) is 0 Å². The number of likely N-dealkylation sites (tertiary alicyclic amines) is 1. The Hall–Kier alpha value is -3.57. The molecule has 4 unspecified atom stereocenters. The van der Waals surface area contributed by atoms with Gasteiger partial charge in [-0.2, -0.15) is 28.2 Å². The van der Waals surface area contributed by atoms with Crippen molar-refractivity contribution in [2.45, 2.75) is 31.1 Å². The first kappa shape index (κ1) is 20.1. The standard InChI is InChI=1S/C21H17F4N7O/c22-12-2-1-3-14(32-28-4-5-29-32)17(12)19(33)31-10-11-6-20(11)7-13(18(20)31)30-16-9-26-15(8-27-16)21(23,24)25/h1-5,8-9,11,13,18H,6-7,10H2,(H,27,30). The fraction of sp³-hybridized carbons (Fsp3) is 0.381. The summed E-state index contributed by atoms with van der Waals surface area (Å²) in [6.07, 6.45) is 1.77. The normalized spacial score (nSPS) is 27.5. The van der Waals surface area contributed by atoms with Gasteiger partial charge in [-0.3, -0.25) is 4.79 Å². The summed E-state index contributed by atoms with van der Waals surface area (Å²) in [4.78, 5) is 23.7. The Kier molecular flexibility index (Phi) is 4.08. The lowest BCUT2D eigenvalue weighted by Gasteiger charge is -2.48. The van der Waals surface area contributed by atoms with Crippen LogP contribution in [0.4, 0.5) is 23.4 Å². The highest BCUT2D eigenvalue weighted by molar-refractivity contribution is 5.98. The maximum absolute atomic E-state index is 14.8. The second-order valence-electron chi connectivity index (χ2n) is 8.73. The highest BCUT2D eigenvalue weighted by Gasteiger charge is 2.75. The number of anilines is 1. The van der Waals surface area contributed by atoms with E-state index in [-0.39, 0.29) is 34.6 Å². The predicted octanol–water partition coefficient (Wildman–Crippen LogP) is 2.93. The van der Waals surface area contributed by atoms with E-state index in [1.165, 1.54) is 29.3 Å². The van der Waals surface area contributed by atoms with Gasteiger partial charge in [0.1, 0.15) is 22.9 Å². The highest BCUT2D eigenvalue weighted by Crippen LogP contribution is 2.71. The number of nitrogens with zero attached hydrogens (tertiary/aromatic N) is 6. The Balaban J connectivity index is 1.27. The molecule has 1 N–H and O–H groups in total. The quantitative estimate of drug-likeness (QED) is 0.604. The third-order valence-corrected chi connectivity index (χ3v) is 6.98. The van der Waals surface area contributed by atoms with Gasteiger partial charge < -0.3 is 10.2 Å². The number of rotatable bonds is 4. The number of hydrogen-bond donors (Lipinski definition) is 1. The molecule has 8 nitrogen and oxygen atoms in total. The molecule has 6 rings (SSSR count). The van der Waals surface area contributed by atoms with Crippen LogP contribution < -0.4 is 5.32 Å². The van der Waals surface area contributed by atoms with Gasteiger partial charge in [0.05, 0.1) is 30.8 Å². The van der Waals surface area contributed by atoms with Crippen molar-refractivity contribution in [1.29, 1.82) is 0 Å². The van der Waals surface area contributed by atoms with E-state index >= 15 is 0 Å². The van der Waals surface area contributed by atoms with E-state index < -0.39 is 23.6 Å². The van der Waals surface area contributed by atoms with Crippen molar-refractivity contribution in [2.24, 2.45) is 11.3 Å². The number of amides is 1. The summed E-state index contributed by atoms with van der Waals surface area (Å²) in [6, 6.07) is 3.87.